The van der Waals surface area contributed by atoms with E-state index in [1.165, 1.54) is 11.1 Å². The van der Waals surface area contributed by atoms with Gasteiger partial charge in [0, 0.05) is 23.2 Å². The lowest BCUT2D eigenvalue weighted by Gasteiger charge is -2.11. The van der Waals surface area contributed by atoms with Crippen molar-refractivity contribution in [1.29, 1.82) is 0 Å². The van der Waals surface area contributed by atoms with Gasteiger partial charge >= 0.3 is 0 Å². The molecular formula is C25H25N3O2S. The molecule has 0 fully saturated rings. The summed E-state index contributed by atoms with van der Waals surface area (Å²) in [4.78, 5) is 16.9. The molecular weight excluding hydrogens is 406 g/mol. The van der Waals surface area contributed by atoms with Gasteiger partial charge in [-0.05, 0) is 44.0 Å². The minimum Gasteiger partial charge on any atom is -0.497 e. The van der Waals surface area contributed by atoms with Crippen molar-refractivity contribution in [3.63, 3.8) is 0 Å². The Bertz CT molecular complexity index is 1200. The maximum Gasteiger partial charge on any atom is 0.250 e. The first-order valence-electron chi connectivity index (χ1n) is 10.1. The number of thiazole rings is 1. The molecule has 4 rings (SSSR count). The zero-order valence-corrected chi connectivity index (χ0v) is 18.7. The van der Waals surface area contributed by atoms with Crippen molar-refractivity contribution in [2.45, 2.75) is 26.8 Å². The standard InChI is InChI=1S/C25H25N3O2S/c1-16-4-8-19(9-5-16)25-27-22(15-31-25)23-14-21(24(26)29)17(2)28(23)13-12-18-6-10-20(30-3)11-7-18/h4-11,14-15H,12-13H2,1-3H3,(H2,26,29). The molecule has 0 aliphatic carbocycles. The smallest absolute Gasteiger partial charge is 0.250 e. The summed E-state index contributed by atoms with van der Waals surface area (Å²) in [5.74, 6) is 0.416. The second-order valence-corrected chi connectivity index (χ2v) is 8.40. The van der Waals surface area contributed by atoms with Crippen LogP contribution in [-0.4, -0.2) is 22.6 Å². The molecule has 0 aliphatic rings. The lowest BCUT2D eigenvalue weighted by atomic mass is 10.1. The minimum absolute atomic E-state index is 0.420. The third-order valence-corrected chi connectivity index (χ3v) is 6.37. The lowest BCUT2D eigenvalue weighted by Crippen LogP contribution is -2.13. The number of primary amides is 1. The number of hydrogen-bond donors (Lipinski definition) is 1. The van der Waals surface area contributed by atoms with E-state index in [-0.39, 0.29) is 0 Å². The molecule has 0 atom stereocenters. The molecule has 1 amide bonds. The highest BCUT2D eigenvalue weighted by Gasteiger charge is 2.19. The topological polar surface area (TPSA) is 70.1 Å². The van der Waals surface area contributed by atoms with Crippen LogP contribution in [0.15, 0.2) is 60.0 Å². The van der Waals surface area contributed by atoms with E-state index in [1.54, 1.807) is 18.4 Å². The van der Waals surface area contributed by atoms with Crippen molar-refractivity contribution in [3.05, 3.63) is 82.4 Å². The number of nitrogens with zero attached hydrogens (tertiary/aromatic N) is 2. The van der Waals surface area contributed by atoms with Crippen LogP contribution in [0.5, 0.6) is 5.75 Å². The summed E-state index contributed by atoms with van der Waals surface area (Å²) in [7, 11) is 1.66. The molecule has 2 aromatic heterocycles. The largest absolute Gasteiger partial charge is 0.497 e. The monoisotopic (exact) mass is 431 g/mol. The Morgan fingerprint density at radius 1 is 1.10 bits per heavy atom. The van der Waals surface area contributed by atoms with Gasteiger partial charge in [-0.3, -0.25) is 4.79 Å². The first kappa shape index (κ1) is 20.9. The Kier molecular flexibility index (Phi) is 5.91. The number of amides is 1. The van der Waals surface area contributed by atoms with Gasteiger partial charge in [0.1, 0.15) is 10.8 Å². The van der Waals surface area contributed by atoms with Gasteiger partial charge in [0.15, 0.2) is 0 Å². The molecule has 6 heteroatoms. The van der Waals surface area contributed by atoms with E-state index in [2.05, 4.69) is 47.9 Å². The number of carbonyl (C=O) groups is 1. The van der Waals surface area contributed by atoms with Gasteiger partial charge in [0.05, 0.1) is 24.1 Å². The van der Waals surface area contributed by atoms with Crippen LogP contribution in [-0.2, 0) is 13.0 Å². The van der Waals surface area contributed by atoms with E-state index < -0.39 is 5.91 Å². The Morgan fingerprint density at radius 2 is 1.81 bits per heavy atom. The molecule has 2 aromatic carbocycles. The van der Waals surface area contributed by atoms with Crippen LogP contribution >= 0.6 is 11.3 Å². The average molecular weight is 432 g/mol. The van der Waals surface area contributed by atoms with Gasteiger partial charge in [0.25, 0.3) is 5.91 Å². The van der Waals surface area contributed by atoms with E-state index >= 15 is 0 Å². The number of carbonyl (C=O) groups excluding carboxylic acids is 1. The fourth-order valence-corrected chi connectivity index (χ4v) is 4.47. The molecule has 0 radical (unpaired) electrons. The van der Waals surface area contributed by atoms with Crippen molar-refractivity contribution in [3.8, 4) is 27.7 Å². The molecule has 0 aliphatic heterocycles. The SMILES string of the molecule is COc1ccc(CCn2c(-c3csc(-c4ccc(C)cc4)n3)cc(C(N)=O)c2C)cc1. The fourth-order valence-electron chi connectivity index (χ4n) is 3.65. The van der Waals surface area contributed by atoms with Crippen molar-refractivity contribution < 1.29 is 9.53 Å². The summed E-state index contributed by atoms with van der Waals surface area (Å²) in [5, 5.41) is 3.00. The summed E-state index contributed by atoms with van der Waals surface area (Å²) in [5.41, 5.74) is 12.3. The predicted octanol–water partition coefficient (Wildman–Crippen LogP) is 5.25. The Hall–Kier alpha value is -3.38. The van der Waals surface area contributed by atoms with Crippen molar-refractivity contribution in [2.75, 3.05) is 7.11 Å². The molecule has 2 heterocycles. The van der Waals surface area contributed by atoms with Crippen LogP contribution in [0, 0.1) is 13.8 Å². The maximum absolute atomic E-state index is 12.0. The zero-order chi connectivity index (χ0) is 22.0. The number of benzene rings is 2. The number of ether oxygens (including phenoxy) is 1. The molecule has 158 valence electrons. The van der Waals surface area contributed by atoms with E-state index in [4.69, 9.17) is 15.5 Å². The second-order valence-electron chi connectivity index (χ2n) is 7.55. The number of methoxy groups -OCH3 is 1. The Balaban J connectivity index is 1.66. The highest BCUT2D eigenvalue weighted by molar-refractivity contribution is 7.13. The number of aryl methyl sites for hydroxylation is 2. The van der Waals surface area contributed by atoms with Gasteiger partial charge in [0.2, 0.25) is 0 Å². The van der Waals surface area contributed by atoms with Crippen LogP contribution in [0.25, 0.3) is 22.0 Å². The maximum atomic E-state index is 12.0. The number of rotatable bonds is 7. The molecule has 0 saturated carbocycles. The summed E-state index contributed by atoms with van der Waals surface area (Å²) in [6, 6.07) is 18.2. The quantitative estimate of drug-likeness (QED) is 0.435. The molecule has 5 nitrogen and oxygen atoms in total. The van der Waals surface area contributed by atoms with Crippen LogP contribution in [0.4, 0.5) is 0 Å². The molecule has 0 bridgehead atoms. The van der Waals surface area contributed by atoms with Crippen LogP contribution < -0.4 is 10.5 Å². The van der Waals surface area contributed by atoms with Crippen molar-refractivity contribution in [1.82, 2.24) is 9.55 Å². The zero-order valence-electron chi connectivity index (χ0n) is 17.9. The predicted molar refractivity (Wildman–Crippen MR) is 126 cm³/mol. The van der Waals surface area contributed by atoms with Gasteiger partial charge in [-0.15, -0.1) is 11.3 Å². The first-order valence-corrected chi connectivity index (χ1v) is 11.0. The highest BCUT2D eigenvalue weighted by Crippen LogP contribution is 2.32. The van der Waals surface area contributed by atoms with Crippen LogP contribution in [0.1, 0.15) is 27.2 Å². The third kappa shape index (κ3) is 4.39. The minimum atomic E-state index is -0.420. The molecule has 4 aromatic rings. The van der Waals surface area contributed by atoms with Gasteiger partial charge in [-0.25, -0.2) is 4.98 Å². The van der Waals surface area contributed by atoms with Crippen LogP contribution in [0.2, 0.25) is 0 Å². The Morgan fingerprint density at radius 3 is 2.45 bits per heavy atom. The second kappa shape index (κ2) is 8.78. The van der Waals surface area contributed by atoms with E-state index in [0.717, 1.165) is 46.4 Å². The molecule has 0 spiro atoms. The Labute approximate surface area is 186 Å². The van der Waals surface area contributed by atoms with Crippen LogP contribution in [0.3, 0.4) is 0 Å². The number of nitrogens with two attached hydrogens (primary N) is 1. The third-order valence-electron chi connectivity index (χ3n) is 5.48. The molecule has 0 unspecified atom stereocenters. The average Bonchev–Trinajstić information content (AvgIpc) is 3.38. The first-order chi connectivity index (χ1) is 15.0. The highest BCUT2D eigenvalue weighted by atomic mass is 32.1. The summed E-state index contributed by atoms with van der Waals surface area (Å²) in [6.07, 6.45) is 0.819. The van der Waals surface area contributed by atoms with Crippen molar-refractivity contribution >= 4 is 17.2 Å². The van der Waals surface area contributed by atoms with Gasteiger partial charge < -0.3 is 15.0 Å². The molecule has 31 heavy (non-hydrogen) atoms. The number of aromatic nitrogens is 2. The van der Waals surface area contributed by atoms with E-state index in [0.29, 0.717) is 5.56 Å². The normalized spacial score (nSPS) is 10.9. The lowest BCUT2D eigenvalue weighted by molar-refractivity contribution is 0.0999. The summed E-state index contributed by atoms with van der Waals surface area (Å²) < 4.78 is 7.38. The van der Waals surface area contributed by atoms with E-state index in [1.807, 2.05) is 30.5 Å². The van der Waals surface area contributed by atoms with Gasteiger partial charge in [-0.2, -0.15) is 0 Å². The van der Waals surface area contributed by atoms with E-state index in [9.17, 15) is 4.79 Å². The fraction of sp³-hybridized carbons (Fsp3) is 0.200. The van der Waals surface area contributed by atoms with Crippen molar-refractivity contribution in [2.24, 2.45) is 5.73 Å². The summed E-state index contributed by atoms with van der Waals surface area (Å²) in [6.45, 7) is 4.73. The number of hydrogen-bond acceptors (Lipinski definition) is 4. The molecule has 0 saturated heterocycles. The van der Waals surface area contributed by atoms with Gasteiger partial charge in [-0.1, -0.05) is 42.0 Å². The molecule has 2 N–H and O–H groups in total. The summed E-state index contributed by atoms with van der Waals surface area (Å²) >= 11 is 1.60.